The molecule has 1 aromatic rings. The molecule has 0 aliphatic heterocycles. The van der Waals surface area contributed by atoms with Gasteiger partial charge in [-0.15, -0.1) is 0 Å². The summed E-state index contributed by atoms with van der Waals surface area (Å²) < 4.78 is 21.1. The topological polar surface area (TPSA) is 51.2 Å². The Bertz CT molecular complexity index is 449. The number of aromatic nitrogens is 1. The van der Waals surface area contributed by atoms with E-state index in [-0.39, 0.29) is 10.8 Å². The molecule has 1 rings (SSSR count). The molecule has 2 atom stereocenters. The van der Waals surface area contributed by atoms with Crippen LogP contribution < -0.4 is 4.72 Å². The molecule has 0 spiro atoms. The van der Waals surface area contributed by atoms with Crippen LogP contribution in [0.25, 0.3) is 0 Å². The number of ether oxygens (including phenoxy) is 1. The van der Waals surface area contributed by atoms with Crippen LogP contribution in [-0.4, -0.2) is 27.7 Å². The molecule has 0 aliphatic rings. The molecule has 0 amide bonds. The molecule has 1 unspecified atom stereocenters. The minimum absolute atomic E-state index is 0.0392. The molecule has 1 heterocycles. The van der Waals surface area contributed by atoms with Gasteiger partial charge in [-0.25, -0.2) is 13.9 Å². The van der Waals surface area contributed by atoms with Crippen molar-refractivity contribution in [1.82, 2.24) is 9.71 Å². The van der Waals surface area contributed by atoms with Crippen molar-refractivity contribution in [2.24, 2.45) is 0 Å². The van der Waals surface area contributed by atoms with Gasteiger partial charge in [-0.2, -0.15) is 0 Å². The van der Waals surface area contributed by atoms with Gasteiger partial charge in [-0.3, -0.25) is 0 Å². The zero-order valence-electron chi connectivity index (χ0n) is 12.5. The molecule has 0 saturated carbocycles. The van der Waals surface area contributed by atoms with Crippen LogP contribution in [0, 0.1) is 0 Å². The molecule has 20 heavy (non-hydrogen) atoms. The summed E-state index contributed by atoms with van der Waals surface area (Å²) in [7, 11) is 0.562. The normalized spacial score (nSPS) is 15.1. The largest absolute Gasteiger partial charge is 0.385 e. The lowest BCUT2D eigenvalue weighted by Crippen LogP contribution is -2.36. The molecule has 0 aromatic carbocycles. The maximum Gasteiger partial charge on any atom is 0.106 e. The zero-order valence-corrected chi connectivity index (χ0v) is 14.9. The highest BCUT2D eigenvalue weighted by molar-refractivity contribution is 9.10. The van der Waals surface area contributed by atoms with E-state index in [9.17, 15) is 4.21 Å². The van der Waals surface area contributed by atoms with E-state index in [2.05, 4.69) is 25.6 Å². The summed E-state index contributed by atoms with van der Waals surface area (Å²) in [6.45, 7) is 6.55. The van der Waals surface area contributed by atoms with Gasteiger partial charge in [0.05, 0.1) is 27.5 Å². The quantitative estimate of drug-likeness (QED) is 0.597. The van der Waals surface area contributed by atoms with Crippen LogP contribution >= 0.6 is 15.9 Å². The van der Waals surface area contributed by atoms with E-state index in [1.54, 1.807) is 7.11 Å². The van der Waals surface area contributed by atoms with E-state index < -0.39 is 11.0 Å². The summed E-state index contributed by atoms with van der Waals surface area (Å²) >= 11 is 3.38. The number of hydrogen-bond donors (Lipinski definition) is 1. The second-order valence-electron chi connectivity index (χ2n) is 5.57. The molecule has 0 aliphatic carbocycles. The van der Waals surface area contributed by atoms with Crippen molar-refractivity contribution in [2.75, 3.05) is 13.7 Å². The molecule has 114 valence electrons. The third kappa shape index (κ3) is 5.99. The summed E-state index contributed by atoms with van der Waals surface area (Å²) in [5.41, 5.74) is 0.896. The number of nitrogens with zero attached hydrogens (tertiary/aromatic N) is 1. The maximum atomic E-state index is 12.3. The highest BCUT2D eigenvalue weighted by atomic mass is 79.9. The first-order chi connectivity index (χ1) is 9.34. The van der Waals surface area contributed by atoms with Gasteiger partial charge >= 0.3 is 0 Å². The molecule has 1 N–H and O–H groups in total. The predicted molar refractivity (Wildman–Crippen MR) is 86.8 cm³/mol. The zero-order chi connectivity index (χ0) is 15.2. The standard InChI is InChI=1S/C14H23BrN2O2S/c1-14(2,3)20(18)17-12(8-6-10-19-4)11-7-5-9-13(15)16-11/h5,7,9,12,17H,6,8,10H2,1-4H3/t12-,20?/m0/s1. The van der Waals surface area contributed by atoms with Crippen molar-refractivity contribution in [3.63, 3.8) is 0 Å². The first-order valence-electron chi connectivity index (χ1n) is 6.64. The summed E-state index contributed by atoms with van der Waals surface area (Å²) in [4.78, 5) is 4.47. The fraction of sp³-hybridized carbons (Fsp3) is 0.643. The molecule has 0 saturated heterocycles. The summed E-state index contributed by atoms with van der Waals surface area (Å²) in [6.07, 6.45) is 1.73. The van der Waals surface area contributed by atoms with E-state index in [1.807, 2.05) is 39.0 Å². The van der Waals surface area contributed by atoms with Gasteiger partial charge in [-0.1, -0.05) is 6.07 Å². The van der Waals surface area contributed by atoms with Crippen LogP contribution in [0.15, 0.2) is 22.8 Å². The molecular formula is C14H23BrN2O2S. The average molecular weight is 363 g/mol. The first-order valence-corrected chi connectivity index (χ1v) is 8.58. The van der Waals surface area contributed by atoms with Crippen molar-refractivity contribution in [1.29, 1.82) is 0 Å². The minimum Gasteiger partial charge on any atom is -0.385 e. The van der Waals surface area contributed by atoms with Crippen molar-refractivity contribution in [3.05, 3.63) is 28.5 Å². The van der Waals surface area contributed by atoms with Crippen LogP contribution in [-0.2, 0) is 15.7 Å². The van der Waals surface area contributed by atoms with E-state index in [0.717, 1.165) is 23.1 Å². The Morgan fingerprint density at radius 1 is 1.45 bits per heavy atom. The second-order valence-corrected chi connectivity index (χ2v) is 8.38. The number of hydrogen-bond acceptors (Lipinski definition) is 3. The Morgan fingerprint density at radius 3 is 2.70 bits per heavy atom. The number of rotatable bonds is 7. The lowest BCUT2D eigenvalue weighted by molar-refractivity contribution is 0.190. The number of nitrogens with one attached hydrogen (secondary N) is 1. The van der Waals surface area contributed by atoms with E-state index in [1.165, 1.54) is 0 Å². The second kappa shape index (κ2) is 8.22. The van der Waals surface area contributed by atoms with Gasteiger partial charge in [-0.05, 0) is 61.7 Å². The van der Waals surface area contributed by atoms with E-state index in [0.29, 0.717) is 6.61 Å². The third-order valence-electron chi connectivity index (χ3n) is 2.74. The highest BCUT2D eigenvalue weighted by Crippen LogP contribution is 2.21. The van der Waals surface area contributed by atoms with Crippen molar-refractivity contribution in [2.45, 2.75) is 44.4 Å². The molecule has 6 heteroatoms. The molecule has 0 radical (unpaired) electrons. The SMILES string of the molecule is COCCC[C@H](NS(=O)C(C)(C)C)c1cccc(Br)n1. The van der Waals surface area contributed by atoms with E-state index in [4.69, 9.17) is 4.74 Å². The van der Waals surface area contributed by atoms with Gasteiger partial charge < -0.3 is 4.74 Å². The Labute approximate surface area is 132 Å². The summed E-state index contributed by atoms with van der Waals surface area (Å²) in [6, 6.07) is 5.74. The monoisotopic (exact) mass is 362 g/mol. The first kappa shape index (κ1) is 17.8. The van der Waals surface area contributed by atoms with Crippen LogP contribution in [0.1, 0.15) is 45.3 Å². The Kier molecular flexibility index (Phi) is 7.29. The number of halogens is 1. The molecule has 1 aromatic heterocycles. The smallest absolute Gasteiger partial charge is 0.106 e. The molecule has 0 bridgehead atoms. The van der Waals surface area contributed by atoms with Gasteiger partial charge in [0.15, 0.2) is 0 Å². The molecule has 0 fully saturated rings. The lowest BCUT2D eigenvalue weighted by Gasteiger charge is -2.24. The van der Waals surface area contributed by atoms with Crippen LogP contribution in [0.4, 0.5) is 0 Å². The van der Waals surface area contributed by atoms with E-state index >= 15 is 0 Å². The van der Waals surface area contributed by atoms with Crippen LogP contribution in [0.2, 0.25) is 0 Å². The fourth-order valence-corrected chi connectivity index (χ4v) is 2.83. The molecule has 4 nitrogen and oxygen atoms in total. The van der Waals surface area contributed by atoms with Gasteiger partial charge in [0.25, 0.3) is 0 Å². The number of pyridine rings is 1. The maximum absolute atomic E-state index is 12.3. The van der Waals surface area contributed by atoms with Crippen molar-refractivity contribution < 1.29 is 8.95 Å². The third-order valence-corrected chi connectivity index (χ3v) is 4.79. The van der Waals surface area contributed by atoms with Gasteiger partial charge in [0.1, 0.15) is 4.60 Å². The fourth-order valence-electron chi connectivity index (χ4n) is 1.62. The Morgan fingerprint density at radius 2 is 2.15 bits per heavy atom. The van der Waals surface area contributed by atoms with Gasteiger partial charge in [0, 0.05) is 13.7 Å². The van der Waals surface area contributed by atoms with Crippen LogP contribution in [0.3, 0.4) is 0 Å². The Hall–Kier alpha value is -0.300. The lowest BCUT2D eigenvalue weighted by atomic mass is 10.1. The Balaban J connectivity index is 2.82. The molecular weight excluding hydrogens is 340 g/mol. The van der Waals surface area contributed by atoms with Crippen LogP contribution in [0.5, 0.6) is 0 Å². The predicted octanol–water partition coefficient (Wildman–Crippen LogP) is 3.36. The number of methoxy groups -OCH3 is 1. The highest BCUT2D eigenvalue weighted by Gasteiger charge is 2.24. The van der Waals surface area contributed by atoms with Crippen molar-refractivity contribution >= 4 is 26.9 Å². The minimum atomic E-state index is -1.13. The average Bonchev–Trinajstić information content (AvgIpc) is 2.36. The van der Waals surface area contributed by atoms with Crippen molar-refractivity contribution in [3.8, 4) is 0 Å². The van der Waals surface area contributed by atoms with Gasteiger partial charge in [0.2, 0.25) is 0 Å². The summed E-state index contributed by atoms with van der Waals surface area (Å²) in [5, 5.41) is 0. The summed E-state index contributed by atoms with van der Waals surface area (Å²) in [5.74, 6) is 0.